The van der Waals surface area contributed by atoms with Crippen molar-refractivity contribution < 1.29 is 9.53 Å². The van der Waals surface area contributed by atoms with Crippen LogP contribution in [0.25, 0.3) is 4.96 Å². The van der Waals surface area contributed by atoms with Gasteiger partial charge in [-0.1, -0.05) is 19.1 Å². The molecule has 5 rings (SSSR count). The number of carbonyl (C=O) groups is 1. The molecule has 2 atom stereocenters. The van der Waals surface area contributed by atoms with Gasteiger partial charge in [0.2, 0.25) is 0 Å². The zero-order valence-electron chi connectivity index (χ0n) is 17.1. The van der Waals surface area contributed by atoms with Crippen LogP contribution < -0.4 is 10.3 Å². The molecule has 30 heavy (non-hydrogen) atoms. The summed E-state index contributed by atoms with van der Waals surface area (Å²) in [4.78, 5) is 34.8. The number of aromatic nitrogens is 2. The number of carbonyl (C=O) groups excluding carboxylic acids is 1. The average Bonchev–Trinajstić information content (AvgIpc) is 3.33. The Bertz CT molecular complexity index is 1160. The Morgan fingerprint density at radius 1 is 1.23 bits per heavy atom. The van der Waals surface area contributed by atoms with Gasteiger partial charge in [-0.05, 0) is 13.0 Å². The summed E-state index contributed by atoms with van der Waals surface area (Å²) < 4.78 is 7.57. The molecule has 4 heterocycles. The van der Waals surface area contributed by atoms with Crippen LogP contribution in [-0.4, -0.2) is 57.4 Å². The topological polar surface area (TPSA) is 67.2 Å². The number of amides is 1. The Morgan fingerprint density at radius 3 is 2.83 bits per heavy atom. The van der Waals surface area contributed by atoms with Crippen molar-refractivity contribution in [2.24, 2.45) is 0 Å². The molecule has 0 bridgehead atoms. The van der Waals surface area contributed by atoms with Gasteiger partial charge < -0.3 is 9.64 Å². The van der Waals surface area contributed by atoms with E-state index in [4.69, 9.17) is 4.74 Å². The molecular formula is C22H24N4O3S. The summed E-state index contributed by atoms with van der Waals surface area (Å²) in [5.41, 5.74) is 2.51. The lowest BCUT2D eigenvalue weighted by atomic mass is 9.96. The third-order valence-electron chi connectivity index (χ3n) is 6.18. The molecule has 1 fully saturated rings. The highest BCUT2D eigenvalue weighted by molar-refractivity contribution is 7.15. The summed E-state index contributed by atoms with van der Waals surface area (Å²) in [7, 11) is 0. The van der Waals surface area contributed by atoms with E-state index in [0.29, 0.717) is 36.1 Å². The molecule has 156 valence electrons. The van der Waals surface area contributed by atoms with E-state index in [2.05, 4.69) is 22.9 Å². The molecule has 0 radical (unpaired) electrons. The Kier molecular flexibility index (Phi) is 4.83. The molecule has 3 aromatic rings. The molecule has 0 aliphatic carbocycles. The van der Waals surface area contributed by atoms with E-state index in [1.807, 2.05) is 29.3 Å². The third kappa shape index (κ3) is 3.30. The Labute approximate surface area is 178 Å². The van der Waals surface area contributed by atoms with Crippen molar-refractivity contribution in [2.45, 2.75) is 32.4 Å². The quantitative estimate of drug-likeness (QED) is 0.647. The van der Waals surface area contributed by atoms with E-state index in [1.165, 1.54) is 11.3 Å². The van der Waals surface area contributed by atoms with Gasteiger partial charge in [-0.3, -0.25) is 18.9 Å². The number of hydrogen-bond donors (Lipinski definition) is 0. The molecule has 0 saturated carbocycles. The van der Waals surface area contributed by atoms with Gasteiger partial charge in [0, 0.05) is 61.8 Å². The fourth-order valence-corrected chi connectivity index (χ4v) is 4.97. The summed E-state index contributed by atoms with van der Waals surface area (Å²) in [5, 5.41) is 1.86. The number of benzene rings is 1. The monoisotopic (exact) mass is 424 g/mol. The van der Waals surface area contributed by atoms with Crippen LogP contribution in [0.4, 0.5) is 0 Å². The van der Waals surface area contributed by atoms with Gasteiger partial charge in [0.25, 0.3) is 11.5 Å². The number of thiazole rings is 1. The fourth-order valence-electron chi connectivity index (χ4n) is 4.23. The lowest BCUT2D eigenvalue weighted by Crippen LogP contribution is -2.48. The minimum absolute atomic E-state index is 0.0316. The predicted octanol–water partition coefficient (Wildman–Crippen LogP) is 2.60. The van der Waals surface area contributed by atoms with Gasteiger partial charge in [0.05, 0.1) is 11.3 Å². The van der Waals surface area contributed by atoms with Crippen molar-refractivity contribution in [1.29, 1.82) is 0 Å². The number of rotatable bonds is 3. The molecular weight excluding hydrogens is 400 g/mol. The lowest BCUT2D eigenvalue weighted by molar-refractivity contribution is 0.0622. The van der Waals surface area contributed by atoms with Crippen LogP contribution >= 0.6 is 11.3 Å². The van der Waals surface area contributed by atoms with Crippen LogP contribution in [0.2, 0.25) is 0 Å². The Balaban J connectivity index is 1.26. The van der Waals surface area contributed by atoms with Crippen LogP contribution in [0, 0.1) is 0 Å². The maximum atomic E-state index is 13.2. The fraction of sp³-hybridized carbons (Fsp3) is 0.409. The van der Waals surface area contributed by atoms with E-state index in [1.54, 1.807) is 16.7 Å². The summed E-state index contributed by atoms with van der Waals surface area (Å²) in [6.07, 6.45) is 1.83. The normalized spacial score (nSPS) is 21.6. The number of para-hydroxylation sites is 1. The first-order chi connectivity index (χ1) is 14.5. The molecule has 1 aromatic carbocycles. The van der Waals surface area contributed by atoms with E-state index < -0.39 is 0 Å². The van der Waals surface area contributed by atoms with Crippen molar-refractivity contribution in [2.75, 3.05) is 26.2 Å². The molecule has 2 aliphatic rings. The van der Waals surface area contributed by atoms with Crippen LogP contribution in [0.1, 0.15) is 41.4 Å². The number of piperazine rings is 1. The standard InChI is InChI=1S/C22H24N4O3S/c1-14-15(2)29-20-17(14)4-3-5-18(20)21(28)25-8-6-24(7-9-25)13-16-12-19(27)26-10-11-30-22(26)23-16/h3-5,10-12,14-15H,6-9,13H2,1-2H3/t14-,15-/m0/s1. The van der Waals surface area contributed by atoms with E-state index in [9.17, 15) is 9.59 Å². The average molecular weight is 425 g/mol. The van der Waals surface area contributed by atoms with Crippen molar-refractivity contribution in [1.82, 2.24) is 19.2 Å². The number of ether oxygens (including phenoxy) is 1. The molecule has 0 unspecified atom stereocenters. The van der Waals surface area contributed by atoms with Crippen molar-refractivity contribution in [3.8, 4) is 5.75 Å². The van der Waals surface area contributed by atoms with Crippen LogP contribution in [0.5, 0.6) is 5.75 Å². The lowest BCUT2D eigenvalue weighted by Gasteiger charge is -2.34. The first-order valence-corrected chi connectivity index (χ1v) is 11.2. The predicted molar refractivity (Wildman–Crippen MR) is 115 cm³/mol. The van der Waals surface area contributed by atoms with Gasteiger partial charge in [-0.25, -0.2) is 4.98 Å². The second kappa shape index (κ2) is 7.52. The number of hydrogen-bond acceptors (Lipinski definition) is 6. The maximum absolute atomic E-state index is 13.2. The van der Waals surface area contributed by atoms with Crippen molar-refractivity contribution in [3.63, 3.8) is 0 Å². The Hall–Kier alpha value is -2.71. The van der Waals surface area contributed by atoms with Crippen molar-refractivity contribution in [3.05, 3.63) is 63.0 Å². The van der Waals surface area contributed by atoms with Gasteiger partial charge in [0.15, 0.2) is 4.96 Å². The van der Waals surface area contributed by atoms with Crippen LogP contribution in [-0.2, 0) is 6.54 Å². The van der Waals surface area contributed by atoms with Gasteiger partial charge in [-0.2, -0.15) is 0 Å². The molecule has 2 aliphatic heterocycles. The largest absolute Gasteiger partial charge is 0.489 e. The molecule has 2 aromatic heterocycles. The van der Waals surface area contributed by atoms with E-state index in [0.717, 1.165) is 30.1 Å². The zero-order valence-corrected chi connectivity index (χ0v) is 17.9. The number of nitrogens with zero attached hydrogens (tertiary/aromatic N) is 4. The van der Waals surface area contributed by atoms with E-state index >= 15 is 0 Å². The first-order valence-electron chi connectivity index (χ1n) is 10.3. The summed E-state index contributed by atoms with van der Waals surface area (Å²) in [6, 6.07) is 7.47. The second-order valence-electron chi connectivity index (χ2n) is 8.05. The summed E-state index contributed by atoms with van der Waals surface area (Å²) in [6.45, 7) is 7.59. The smallest absolute Gasteiger partial charge is 0.258 e. The molecule has 1 amide bonds. The minimum atomic E-state index is -0.0496. The van der Waals surface area contributed by atoms with Gasteiger partial charge in [0.1, 0.15) is 11.9 Å². The summed E-state index contributed by atoms with van der Waals surface area (Å²) in [5.74, 6) is 1.07. The van der Waals surface area contributed by atoms with Gasteiger partial charge in [-0.15, -0.1) is 11.3 Å². The zero-order chi connectivity index (χ0) is 20.8. The highest BCUT2D eigenvalue weighted by Crippen LogP contribution is 2.40. The Morgan fingerprint density at radius 2 is 2.03 bits per heavy atom. The van der Waals surface area contributed by atoms with E-state index in [-0.39, 0.29) is 17.6 Å². The second-order valence-corrected chi connectivity index (χ2v) is 8.92. The van der Waals surface area contributed by atoms with Crippen LogP contribution in [0.3, 0.4) is 0 Å². The number of fused-ring (bicyclic) bond motifs is 2. The highest BCUT2D eigenvalue weighted by atomic mass is 32.1. The maximum Gasteiger partial charge on any atom is 0.258 e. The third-order valence-corrected chi connectivity index (χ3v) is 6.93. The van der Waals surface area contributed by atoms with Crippen LogP contribution in [0.15, 0.2) is 40.6 Å². The molecule has 8 heteroatoms. The van der Waals surface area contributed by atoms with Crippen molar-refractivity contribution >= 4 is 22.2 Å². The molecule has 1 saturated heterocycles. The highest BCUT2D eigenvalue weighted by Gasteiger charge is 2.33. The SMILES string of the molecule is C[C@@H]1Oc2c(C(=O)N3CCN(Cc4cc(=O)n5ccsc5n4)CC3)cccc2[C@H]1C. The summed E-state index contributed by atoms with van der Waals surface area (Å²) >= 11 is 1.46. The first kappa shape index (κ1) is 19.3. The molecule has 0 spiro atoms. The molecule has 0 N–H and O–H groups in total. The van der Waals surface area contributed by atoms with Gasteiger partial charge >= 0.3 is 0 Å². The minimum Gasteiger partial charge on any atom is -0.489 e. The molecule has 7 nitrogen and oxygen atoms in total.